The molecule has 0 saturated carbocycles. The summed E-state index contributed by atoms with van der Waals surface area (Å²) in [5.41, 5.74) is 0.165. The fourth-order valence-corrected chi connectivity index (χ4v) is 2.72. The monoisotopic (exact) mass is 340 g/mol. The summed E-state index contributed by atoms with van der Waals surface area (Å²) in [6.07, 6.45) is 2.43. The van der Waals surface area contributed by atoms with Gasteiger partial charge in [-0.05, 0) is 37.3 Å². The minimum Gasteiger partial charge on any atom is -0.467 e. The second-order valence-electron chi connectivity index (χ2n) is 5.15. The van der Waals surface area contributed by atoms with Crippen molar-refractivity contribution >= 4 is 21.6 Å². The molecule has 0 aliphatic rings. The number of hydrogen-bond donors (Lipinski definition) is 1. The molecule has 0 bridgehead atoms. The number of nitrogens with zero attached hydrogens (tertiary/aromatic N) is 1. The first-order valence-electron chi connectivity index (χ1n) is 6.77. The third kappa shape index (κ3) is 3.89. The van der Waals surface area contributed by atoms with E-state index in [1.807, 2.05) is 0 Å². The van der Waals surface area contributed by atoms with E-state index in [9.17, 15) is 17.6 Å². The molecule has 6 nitrogen and oxygen atoms in total. The van der Waals surface area contributed by atoms with Gasteiger partial charge in [-0.2, -0.15) is 0 Å². The fourth-order valence-electron chi connectivity index (χ4n) is 1.99. The number of furan rings is 1. The summed E-state index contributed by atoms with van der Waals surface area (Å²) in [6.45, 7) is 1.78. The number of nitrogens with one attached hydrogen (secondary N) is 1. The van der Waals surface area contributed by atoms with E-state index in [4.69, 9.17) is 4.42 Å². The van der Waals surface area contributed by atoms with E-state index in [-0.39, 0.29) is 11.7 Å². The van der Waals surface area contributed by atoms with Crippen LogP contribution in [0.2, 0.25) is 0 Å². The lowest BCUT2D eigenvalue weighted by Crippen LogP contribution is -2.33. The Morgan fingerprint density at radius 1 is 1.35 bits per heavy atom. The number of urea groups is 1. The Labute approximate surface area is 133 Å². The van der Waals surface area contributed by atoms with E-state index in [0.29, 0.717) is 5.76 Å². The molecule has 124 valence electrons. The van der Waals surface area contributed by atoms with Crippen molar-refractivity contribution in [3.8, 4) is 0 Å². The van der Waals surface area contributed by atoms with Gasteiger partial charge >= 0.3 is 6.03 Å². The molecule has 2 amide bonds. The average Bonchev–Trinajstić information content (AvgIpc) is 2.98. The first-order valence-corrected chi connectivity index (χ1v) is 8.66. The van der Waals surface area contributed by atoms with Gasteiger partial charge in [-0.15, -0.1) is 0 Å². The van der Waals surface area contributed by atoms with Gasteiger partial charge in [0.15, 0.2) is 9.84 Å². The topological polar surface area (TPSA) is 79.6 Å². The van der Waals surface area contributed by atoms with E-state index in [1.54, 1.807) is 26.1 Å². The summed E-state index contributed by atoms with van der Waals surface area (Å²) >= 11 is 0. The van der Waals surface area contributed by atoms with Crippen LogP contribution < -0.4 is 5.32 Å². The van der Waals surface area contributed by atoms with E-state index in [0.717, 1.165) is 18.4 Å². The van der Waals surface area contributed by atoms with Crippen LogP contribution in [0.15, 0.2) is 45.9 Å². The highest BCUT2D eigenvalue weighted by molar-refractivity contribution is 7.90. The Bertz CT molecular complexity index is 803. The van der Waals surface area contributed by atoms with Gasteiger partial charge in [0, 0.05) is 19.0 Å². The van der Waals surface area contributed by atoms with E-state index in [1.165, 1.54) is 17.2 Å². The average molecular weight is 340 g/mol. The maximum Gasteiger partial charge on any atom is 0.322 e. The number of carbonyl (C=O) groups excluding carboxylic acids is 1. The van der Waals surface area contributed by atoms with E-state index < -0.39 is 26.6 Å². The Morgan fingerprint density at radius 2 is 2.04 bits per heavy atom. The summed E-state index contributed by atoms with van der Waals surface area (Å²) in [5, 5.41) is 2.51. The van der Waals surface area contributed by atoms with Crippen molar-refractivity contribution in [3.63, 3.8) is 0 Å². The third-order valence-electron chi connectivity index (χ3n) is 3.44. The lowest BCUT2D eigenvalue weighted by molar-refractivity contribution is 0.201. The van der Waals surface area contributed by atoms with Crippen molar-refractivity contribution in [3.05, 3.63) is 48.2 Å². The summed E-state index contributed by atoms with van der Waals surface area (Å²) in [6, 6.07) is 6.11. The van der Waals surface area contributed by atoms with Gasteiger partial charge in [0.2, 0.25) is 0 Å². The molecule has 2 aromatic rings. The Morgan fingerprint density at radius 3 is 2.57 bits per heavy atom. The molecular formula is C15H17FN2O4S. The number of carbonyl (C=O) groups is 1. The molecule has 0 fully saturated rings. The van der Waals surface area contributed by atoms with Crippen molar-refractivity contribution in [1.82, 2.24) is 4.90 Å². The van der Waals surface area contributed by atoms with Gasteiger partial charge in [-0.25, -0.2) is 17.6 Å². The highest BCUT2D eigenvalue weighted by Crippen LogP contribution is 2.22. The molecule has 2 rings (SSSR count). The number of sulfone groups is 1. The third-order valence-corrected chi connectivity index (χ3v) is 4.57. The van der Waals surface area contributed by atoms with Crippen molar-refractivity contribution in [1.29, 1.82) is 0 Å². The molecule has 8 heteroatoms. The highest BCUT2D eigenvalue weighted by Gasteiger charge is 2.20. The van der Waals surface area contributed by atoms with E-state index in [2.05, 4.69) is 5.32 Å². The molecule has 0 aliphatic heterocycles. The van der Waals surface area contributed by atoms with Crippen LogP contribution in [0.1, 0.15) is 18.7 Å². The molecule has 1 N–H and O–H groups in total. The van der Waals surface area contributed by atoms with Crippen LogP contribution in [0.25, 0.3) is 0 Å². The number of benzene rings is 1. The molecular weight excluding hydrogens is 323 g/mol. The molecule has 0 saturated heterocycles. The number of hydrogen-bond acceptors (Lipinski definition) is 4. The predicted octanol–water partition coefficient (Wildman–Crippen LogP) is 3.05. The molecule has 1 atom stereocenters. The quantitative estimate of drug-likeness (QED) is 0.928. The molecule has 0 radical (unpaired) electrons. The molecule has 1 heterocycles. The molecule has 0 aliphatic carbocycles. The smallest absolute Gasteiger partial charge is 0.322 e. The van der Waals surface area contributed by atoms with Crippen LogP contribution in [0.5, 0.6) is 0 Å². The predicted molar refractivity (Wildman–Crippen MR) is 83.4 cm³/mol. The van der Waals surface area contributed by atoms with Crippen molar-refractivity contribution in [2.24, 2.45) is 0 Å². The summed E-state index contributed by atoms with van der Waals surface area (Å²) in [5.74, 6) is -0.298. The van der Waals surface area contributed by atoms with Crippen molar-refractivity contribution in [2.75, 3.05) is 18.6 Å². The maximum atomic E-state index is 13.8. The molecule has 1 aromatic carbocycles. The van der Waals surface area contributed by atoms with Gasteiger partial charge in [0.25, 0.3) is 0 Å². The molecule has 1 aromatic heterocycles. The van der Waals surface area contributed by atoms with Crippen LogP contribution in [0.3, 0.4) is 0 Å². The van der Waals surface area contributed by atoms with Crippen molar-refractivity contribution < 1.29 is 22.0 Å². The fraction of sp³-hybridized carbons (Fsp3) is 0.267. The van der Waals surface area contributed by atoms with Gasteiger partial charge in [-0.1, -0.05) is 0 Å². The highest BCUT2D eigenvalue weighted by atomic mass is 32.2. The largest absolute Gasteiger partial charge is 0.467 e. The van der Waals surface area contributed by atoms with Gasteiger partial charge in [-0.3, -0.25) is 0 Å². The van der Waals surface area contributed by atoms with Crippen LogP contribution >= 0.6 is 0 Å². The number of rotatable bonds is 4. The van der Waals surface area contributed by atoms with E-state index >= 15 is 0 Å². The molecule has 23 heavy (non-hydrogen) atoms. The first-order chi connectivity index (χ1) is 10.7. The second-order valence-corrected chi connectivity index (χ2v) is 7.13. The number of anilines is 1. The first kappa shape index (κ1) is 17.0. The van der Waals surface area contributed by atoms with Crippen LogP contribution in [-0.2, 0) is 9.84 Å². The Balaban J connectivity index is 2.13. The van der Waals surface area contributed by atoms with Crippen molar-refractivity contribution in [2.45, 2.75) is 17.9 Å². The van der Waals surface area contributed by atoms with Crippen LogP contribution in [0.4, 0.5) is 14.9 Å². The zero-order valence-corrected chi connectivity index (χ0v) is 13.7. The zero-order chi connectivity index (χ0) is 17.2. The number of halogens is 1. The second kappa shape index (κ2) is 6.41. The summed E-state index contributed by atoms with van der Waals surface area (Å²) < 4.78 is 41.8. The normalized spacial score (nSPS) is 12.7. The molecule has 0 spiro atoms. The van der Waals surface area contributed by atoms with Crippen LogP contribution in [0, 0.1) is 5.82 Å². The summed E-state index contributed by atoms with van der Waals surface area (Å²) in [7, 11) is -2.08. The SMILES string of the molecule is CC(c1ccco1)N(C)C(=O)Nc1ccc(S(C)(=O)=O)c(F)c1. The van der Waals surface area contributed by atoms with Crippen LogP contribution in [-0.4, -0.2) is 32.7 Å². The standard InChI is InChI=1S/C15H17FN2O4S/c1-10(13-5-4-8-22-13)18(2)15(19)17-11-6-7-14(12(16)9-11)23(3,20)21/h4-10H,1-3H3,(H,17,19). The zero-order valence-electron chi connectivity index (χ0n) is 12.9. The minimum absolute atomic E-state index is 0.165. The van der Waals surface area contributed by atoms with Gasteiger partial charge in [0.05, 0.1) is 12.3 Å². The van der Waals surface area contributed by atoms with Gasteiger partial charge < -0.3 is 14.6 Å². The Hall–Kier alpha value is -2.35. The lowest BCUT2D eigenvalue weighted by Gasteiger charge is -2.23. The minimum atomic E-state index is -3.65. The number of amides is 2. The lowest BCUT2D eigenvalue weighted by atomic mass is 10.2. The maximum absolute atomic E-state index is 13.8. The Kier molecular flexibility index (Phi) is 4.74. The molecule has 1 unspecified atom stereocenters. The summed E-state index contributed by atoms with van der Waals surface area (Å²) in [4.78, 5) is 13.2. The van der Waals surface area contributed by atoms with Gasteiger partial charge in [0.1, 0.15) is 16.5 Å².